The summed E-state index contributed by atoms with van der Waals surface area (Å²) in [5.41, 5.74) is 2.84. The number of aromatic nitrogens is 1. The monoisotopic (exact) mass is 367 g/mol. The highest BCUT2D eigenvalue weighted by Crippen LogP contribution is 2.23. The van der Waals surface area contributed by atoms with Crippen molar-refractivity contribution in [1.29, 1.82) is 0 Å². The maximum Gasteiger partial charge on any atom is 0.252 e. The molecule has 144 valence electrons. The van der Waals surface area contributed by atoms with Crippen LogP contribution in [-0.2, 0) is 0 Å². The number of piperidine rings is 1. The summed E-state index contributed by atoms with van der Waals surface area (Å²) in [6.07, 6.45) is 5.50. The molecule has 0 unspecified atom stereocenters. The third-order valence-corrected chi connectivity index (χ3v) is 4.73. The van der Waals surface area contributed by atoms with E-state index in [9.17, 15) is 4.79 Å². The van der Waals surface area contributed by atoms with E-state index in [4.69, 9.17) is 0 Å². The van der Waals surface area contributed by atoms with E-state index >= 15 is 0 Å². The van der Waals surface area contributed by atoms with Gasteiger partial charge in [-0.3, -0.25) is 4.79 Å². The van der Waals surface area contributed by atoms with E-state index in [2.05, 4.69) is 44.8 Å². The van der Waals surface area contributed by atoms with Gasteiger partial charge in [-0.05, 0) is 69.8 Å². The number of pyridine rings is 1. The van der Waals surface area contributed by atoms with Gasteiger partial charge in [-0.15, -0.1) is 0 Å². The lowest BCUT2D eigenvalue weighted by molar-refractivity contribution is 0.0950. The van der Waals surface area contributed by atoms with Crippen LogP contribution in [0.1, 0.15) is 29.6 Å². The van der Waals surface area contributed by atoms with Crippen LogP contribution in [-0.4, -0.2) is 56.1 Å². The lowest BCUT2D eigenvalue weighted by atomic mass is 10.1. The van der Waals surface area contributed by atoms with E-state index in [0.29, 0.717) is 12.1 Å². The third-order valence-electron chi connectivity index (χ3n) is 4.73. The quantitative estimate of drug-likeness (QED) is 0.787. The molecular formula is C21H29N5O. The second-order valence-electron chi connectivity index (χ2n) is 7.21. The minimum Gasteiger partial charge on any atom is -0.372 e. The van der Waals surface area contributed by atoms with Gasteiger partial charge in [0.05, 0.1) is 5.56 Å². The largest absolute Gasteiger partial charge is 0.372 e. The first kappa shape index (κ1) is 19.2. The Morgan fingerprint density at radius 3 is 2.44 bits per heavy atom. The van der Waals surface area contributed by atoms with Crippen molar-refractivity contribution >= 4 is 23.1 Å². The molecule has 1 aromatic heterocycles. The molecule has 0 saturated carbocycles. The molecule has 1 amide bonds. The van der Waals surface area contributed by atoms with Gasteiger partial charge < -0.3 is 20.4 Å². The van der Waals surface area contributed by atoms with Crippen LogP contribution in [0.5, 0.6) is 0 Å². The van der Waals surface area contributed by atoms with E-state index in [1.807, 2.05) is 25.1 Å². The Hall–Kier alpha value is -2.60. The summed E-state index contributed by atoms with van der Waals surface area (Å²) in [6, 6.07) is 12.1. The molecule has 2 heterocycles. The van der Waals surface area contributed by atoms with Gasteiger partial charge in [0, 0.05) is 43.8 Å². The van der Waals surface area contributed by atoms with E-state index in [1.165, 1.54) is 24.9 Å². The van der Waals surface area contributed by atoms with Crippen molar-refractivity contribution in [3.8, 4) is 0 Å². The molecule has 0 spiro atoms. The summed E-state index contributed by atoms with van der Waals surface area (Å²) >= 11 is 0. The number of hydrogen-bond acceptors (Lipinski definition) is 5. The predicted molar refractivity (Wildman–Crippen MR) is 111 cm³/mol. The fourth-order valence-corrected chi connectivity index (χ4v) is 3.15. The molecule has 1 saturated heterocycles. The van der Waals surface area contributed by atoms with Crippen LogP contribution in [0.3, 0.4) is 0 Å². The molecule has 0 aliphatic carbocycles. The highest BCUT2D eigenvalue weighted by Gasteiger charge is 2.10. The highest BCUT2D eigenvalue weighted by atomic mass is 16.1. The van der Waals surface area contributed by atoms with Crippen molar-refractivity contribution in [3.05, 3.63) is 48.2 Å². The Kier molecular flexibility index (Phi) is 6.65. The van der Waals surface area contributed by atoms with Gasteiger partial charge in [0.25, 0.3) is 5.91 Å². The third kappa shape index (κ3) is 5.69. The van der Waals surface area contributed by atoms with E-state index in [0.717, 1.165) is 31.1 Å². The molecule has 0 radical (unpaired) electrons. The van der Waals surface area contributed by atoms with Crippen molar-refractivity contribution in [2.24, 2.45) is 0 Å². The van der Waals surface area contributed by atoms with E-state index < -0.39 is 0 Å². The van der Waals surface area contributed by atoms with E-state index in [-0.39, 0.29) is 5.91 Å². The molecule has 1 aliphatic heterocycles. The standard InChI is InChI=1S/C21H29N5O/c1-25(2)15-12-22-21(27)17-6-11-20(23-16-17)24-18-7-9-19(10-8-18)26-13-4-3-5-14-26/h6-11,16H,3-5,12-15H2,1-2H3,(H,22,27)(H,23,24). The fourth-order valence-electron chi connectivity index (χ4n) is 3.15. The van der Waals surface area contributed by atoms with Gasteiger partial charge in [-0.1, -0.05) is 0 Å². The fraction of sp³-hybridized carbons (Fsp3) is 0.429. The maximum absolute atomic E-state index is 12.1. The SMILES string of the molecule is CN(C)CCNC(=O)c1ccc(Nc2ccc(N3CCCCC3)cc2)nc1. The molecule has 6 nitrogen and oxygen atoms in total. The number of nitrogens with zero attached hydrogens (tertiary/aromatic N) is 3. The number of carbonyl (C=O) groups excluding carboxylic acids is 1. The molecule has 27 heavy (non-hydrogen) atoms. The molecule has 1 aromatic carbocycles. The van der Waals surface area contributed by atoms with Gasteiger partial charge in [-0.25, -0.2) is 4.98 Å². The summed E-state index contributed by atoms with van der Waals surface area (Å²) in [7, 11) is 3.96. The van der Waals surface area contributed by atoms with Crippen LogP contribution >= 0.6 is 0 Å². The lowest BCUT2D eigenvalue weighted by Crippen LogP contribution is -2.31. The van der Waals surface area contributed by atoms with Crippen molar-refractivity contribution in [1.82, 2.24) is 15.2 Å². The molecule has 2 N–H and O–H groups in total. The van der Waals surface area contributed by atoms with Gasteiger partial charge in [0.1, 0.15) is 5.82 Å². The van der Waals surface area contributed by atoms with Crippen LogP contribution in [0.4, 0.5) is 17.2 Å². The summed E-state index contributed by atoms with van der Waals surface area (Å²) < 4.78 is 0. The summed E-state index contributed by atoms with van der Waals surface area (Å²) in [4.78, 5) is 20.9. The Morgan fingerprint density at radius 1 is 1.07 bits per heavy atom. The van der Waals surface area contributed by atoms with Crippen LogP contribution in [0.2, 0.25) is 0 Å². The molecule has 0 atom stereocenters. The Balaban J connectivity index is 1.54. The van der Waals surface area contributed by atoms with E-state index in [1.54, 1.807) is 12.3 Å². The molecule has 0 bridgehead atoms. The summed E-state index contributed by atoms with van der Waals surface area (Å²) in [6.45, 7) is 3.72. The zero-order chi connectivity index (χ0) is 19.1. The average molecular weight is 367 g/mol. The minimum atomic E-state index is -0.0956. The number of nitrogens with one attached hydrogen (secondary N) is 2. The van der Waals surface area contributed by atoms with Gasteiger partial charge in [0.15, 0.2) is 0 Å². The van der Waals surface area contributed by atoms with Crippen LogP contribution in [0, 0.1) is 0 Å². The number of likely N-dealkylation sites (N-methyl/N-ethyl adjacent to an activating group) is 1. The van der Waals surface area contributed by atoms with Crippen LogP contribution in [0.15, 0.2) is 42.6 Å². The molecule has 1 aliphatic rings. The Morgan fingerprint density at radius 2 is 1.81 bits per heavy atom. The Bertz CT molecular complexity index is 721. The predicted octanol–water partition coefficient (Wildman–Crippen LogP) is 3.11. The van der Waals surface area contributed by atoms with Gasteiger partial charge >= 0.3 is 0 Å². The molecule has 6 heteroatoms. The number of anilines is 3. The van der Waals surface area contributed by atoms with Crippen molar-refractivity contribution < 1.29 is 4.79 Å². The lowest BCUT2D eigenvalue weighted by Gasteiger charge is -2.28. The smallest absolute Gasteiger partial charge is 0.252 e. The topological polar surface area (TPSA) is 60.5 Å². The molecule has 2 aromatic rings. The first-order chi connectivity index (χ1) is 13.1. The zero-order valence-corrected chi connectivity index (χ0v) is 16.2. The van der Waals surface area contributed by atoms with Crippen molar-refractivity contribution in [3.63, 3.8) is 0 Å². The van der Waals surface area contributed by atoms with Gasteiger partial charge in [-0.2, -0.15) is 0 Å². The summed E-state index contributed by atoms with van der Waals surface area (Å²) in [5, 5.41) is 6.18. The average Bonchev–Trinajstić information content (AvgIpc) is 2.69. The van der Waals surface area contributed by atoms with Crippen LogP contribution < -0.4 is 15.5 Å². The normalized spacial score (nSPS) is 14.3. The number of carbonyl (C=O) groups is 1. The second kappa shape index (κ2) is 9.37. The van der Waals surface area contributed by atoms with Gasteiger partial charge in [0.2, 0.25) is 0 Å². The van der Waals surface area contributed by atoms with Crippen molar-refractivity contribution in [2.45, 2.75) is 19.3 Å². The molecule has 3 rings (SSSR count). The Labute approximate surface area is 161 Å². The van der Waals surface area contributed by atoms with Crippen LogP contribution in [0.25, 0.3) is 0 Å². The second-order valence-corrected chi connectivity index (χ2v) is 7.21. The summed E-state index contributed by atoms with van der Waals surface area (Å²) in [5.74, 6) is 0.632. The van der Waals surface area contributed by atoms with Crippen molar-refractivity contribution in [2.75, 3.05) is 50.5 Å². The number of rotatable bonds is 7. The zero-order valence-electron chi connectivity index (χ0n) is 16.2. The number of benzene rings is 1. The molecule has 1 fully saturated rings. The first-order valence-corrected chi connectivity index (χ1v) is 9.63. The highest BCUT2D eigenvalue weighted by molar-refractivity contribution is 5.94. The number of amides is 1. The molecular weight excluding hydrogens is 338 g/mol. The number of hydrogen-bond donors (Lipinski definition) is 2. The first-order valence-electron chi connectivity index (χ1n) is 9.63. The maximum atomic E-state index is 12.1. The minimum absolute atomic E-state index is 0.0956.